The molecule has 1 aromatic rings. The maximum Gasteiger partial charge on any atom is 0.319 e. The molecule has 0 N–H and O–H groups in total. The zero-order valence-corrected chi connectivity index (χ0v) is 14.5. The summed E-state index contributed by atoms with van der Waals surface area (Å²) in [6.07, 6.45) is 0. The molecule has 0 aromatic carbocycles. The Morgan fingerprint density at radius 2 is 1.82 bits per heavy atom. The third-order valence-electron chi connectivity index (χ3n) is 3.99. The van der Waals surface area contributed by atoms with Crippen LogP contribution in [0.4, 0.5) is 4.79 Å². The molecule has 0 aliphatic carbocycles. The molecule has 7 nitrogen and oxygen atoms in total. The number of carbonyl (C=O) groups is 1. The topological polar surface area (TPSA) is 65.7 Å². The lowest BCUT2D eigenvalue weighted by atomic mass is 9.96. The molecule has 1 fully saturated rings. The van der Waals surface area contributed by atoms with Crippen LogP contribution in [-0.4, -0.2) is 71.1 Å². The number of urea groups is 1. The molecular formula is C15H27N5O2. The van der Waals surface area contributed by atoms with E-state index in [2.05, 4.69) is 42.7 Å². The van der Waals surface area contributed by atoms with Gasteiger partial charge in [-0.1, -0.05) is 25.9 Å². The average molecular weight is 309 g/mol. The van der Waals surface area contributed by atoms with Gasteiger partial charge in [-0.25, -0.2) is 4.79 Å². The first-order valence-electron chi connectivity index (χ1n) is 7.74. The van der Waals surface area contributed by atoms with Crippen LogP contribution in [0.15, 0.2) is 4.52 Å². The van der Waals surface area contributed by atoms with Crippen molar-refractivity contribution in [3.63, 3.8) is 0 Å². The molecular weight excluding hydrogens is 282 g/mol. The number of aromatic nitrogens is 2. The number of hydrogen-bond donors (Lipinski definition) is 0. The Morgan fingerprint density at radius 3 is 2.27 bits per heavy atom. The summed E-state index contributed by atoms with van der Waals surface area (Å²) >= 11 is 0. The fourth-order valence-corrected chi connectivity index (χ4v) is 2.45. The quantitative estimate of drug-likeness (QED) is 0.832. The maximum atomic E-state index is 12.0. The largest absolute Gasteiger partial charge is 0.338 e. The van der Waals surface area contributed by atoms with Gasteiger partial charge in [-0.2, -0.15) is 4.98 Å². The molecule has 2 heterocycles. The molecule has 0 unspecified atom stereocenters. The zero-order chi connectivity index (χ0) is 16.5. The summed E-state index contributed by atoms with van der Waals surface area (Å²) in [5, 5.41) is 4.09. The fraction of sp³-hybridized carbons (Fsp3) is 0.800. The fourth-order valence-electron chi connectivity index (χ4n) is 2.45. The minimum atomic E-state index is -0.113. The molecule has 7 heteroatoms. The van der Waals surface area contributed by atoms with Crippen molar-refractivity contribution in [3.05, 3.63) is 11.7 Å². The smallest absolute Gasteiger partial charge is 0.319 e. The summed E-state index contributed by atoms with van der Waals surface area (Å²) in [6, 6.07) is 0.139. The van der Waals surface area contributed by atoms with E-state index in [1.54, 1.807) is 19.0 Å². The van der Waals surface area contributed by atoms with Crippen LogP contribution in [0, 0.1) is 0 Å². The van der Waals surface area contributed by atoms with Gasteiger partial charge >= 0.3 is 6.03 Å². The average Bonchev–Trinajstić information content (AvgIpc) is 2.95. The monoisotopic (exact) mass is 309 g/mol. The van der Waals surface area contributed by atoms with Crippen LogP contribution in [0.3, 0.4) is 0 Å². The van der Waals surface area contributed by atoms with E-state index in [-0.39, 0.29) is 17.5 Å². The van der Waals surface area contributed by atoms with Gasteiger partial charge in [0.25, 0.3) is 0 Å². The highest BCUT2D eigenvalue weighted by molar-refractivity contribution is 5.73. The van der Waals surface area contributed by atoms with Gasteiger partial charge in [0.1, 0.15) is 0 Å². The highest BCUT2D eigenvalue weighted by atomic mass is 16.5. The lowest BCUT2D eigenvalue weighted by molar-refractivity contribution is 0.0912. The number of piperazine rings is 1. The van der Waals surface area contributed by atoms with E-state index in [9.17, 15) is 4.79 Å². The first-order chi connectivity index (χ1) is 10.2. The van der Waals surface area contributed by atoms with E-state index < -0.39 is 0 Å². The Morgan fingerprint density at radius 1 is 1.23 bits per heavy atom. The number of nitrogens with zero attached hydrogens (tertiary/aromatic N) is 5. The van der Waals surface area contributed by atoms with Gasteiger partial charge in [0.15, 0.2) is 5.82 Å². The van der Waals surface area contributed by atoms with Crippen molar-refractivity contribution in [2.45, 2.75) is 39.2 Å². The molecule has 0 saturated carbocycles. The molecule has 1 aliphatic heterocycles. The second kappa shape index (κ2) is 6.24. The third kappa shape index (κ3) is 3.58. The minimum absolute atomic E-state index is 0.0695. The predicted molar refractivity (Wildman–Crippen MR) is 83.6 cm³/mol. The van der Waals surface area contributed by atoms with Crippen molar-refractivity contribution in [1.82, 2.24) is 24.8 Å². The summed E-state index contributed by atoms with van der Waals surface area (Å²) < 4.78 is 5.43. The van der Waals surface area contributed by atoms with Crippen molar-refractivity contribution >= 4 is 6.03 Å². The van der Waals surface area contributed by atoms with Crippen LogP contribution in [0.1, 0.15) is 45.5 Å². The van der Waals surface area contributed by atoms with Crippen LogP contribution in [-0.2, 0) is 5.41 Å². The Bertz CT molecular complexity index is 512. The van der Waals surface area contributed by atoms with E-state index in [0.717, 1.165) is 32.0 Å². The van der Waals surface area contributed by atoms with E-state index in [4.69, 9.17) is 4.52 Å². The van der Waals surface area contributed by atoms with Crippen molar-refractivity contribution in [2.75, 3.05) is 40.3 Å². The Labute approximate surface area is 132 Å². The van der Waals surface area contributed by atoms with Gasteiger partial charge in [-0.05, 0) is 6.92 Å². The van der Waals surface area contributed by atoms with Crippen LogP contribution in [0.2, 0.25) is 0 Å². The summed E-state index contributed by atoms with van der Waals surface area (Å²) in [5.41, 5.74) is -0.113. The van der Waals surface area contributed by atoms with Crippen LogP contribution in [0.25, 0.3) is 0 Å². The van der Waals surface area contributed by atoms with Gasteiger partial charge in [0.05, 0.1) is 6.04 Å². The van der Waals surface area contributed by atoms with Crippen LogP contribution < -0.4 is 0 Å². The second-order valence-electron chi connectivity index (χ2n) is 7.08. The first kappa shape index (κ1) is 16.7. The highest BCUT2D eigenvalue weighted by Crippen LogP contribution is 2.24. The molecule has 0 spiro atoms. The highest BCUT2D eigenvalue weighted by Gasteiger charge is 2.29. The van der Waals surface area contributed by atoms with Crippen molar-refractivity contribution in [1.29, 1.82) is 0 Å². The van der Waals surface area contributed by atoms with E-state index in [0.29, 0.717) is 5.89 Å². The number of amides is 2. The number of hydrogen-bond acceptors (Lipinski definition) is 5. The molecule has 1 atom stereocenters. The minimum Gasteiger partial charge on any atom is -0.338 e. The number of rotatable bonds is 2. The van der Waals surface area contributed by atoms with Gasteiger partial charge < -0.3 is 14.3 Å². The van der Waals surface area contributed by atoms with Gasteiger partial charge in [-0.3, -0.25) is 4.90 Å². The SMILES string of the molecule is C[C@@H](c1nc(C(C)(C)C)no1)N1CCN(C(=O)N(C)C)CC1. The molecule has 2 amide bonds. The molecule has 0 bridgehead atoms. The molecule has 1 aliphatic rings. The summed E-state index contributed by atoms with van der Waals surface area (Å²) in [4.78, 5) is 22.2. The Balaban J connectivity index is 1.96. The molecule has 1 saturated heterocycles. The molecule has 2 rings (SSSR count). The summed E-state index contributed by atoms with van der Waals surface area (Å²) in [6.45, 7) is 11.3. The molecule has 1 aromatic heterocycles. The maximum absolute atomic E-state index is 12.0. The standard InChI is InChI=1S/C15H27N5O2/c1-11(12-16-13(17-22-12)15(2,3)4)19-7-9-20(10-8-19)14(21)18(5)6/h11H,7-10H2,1-6H3/t11-/m0/s1. The van der Waals surface area contributed by atoms with Crippen molar-refractivity contribution in [2.24, 2.45) is 0 Å². The van der Waals surface area contributed by atoms with E-state index in [1.807, 2.05) is 4.90 Å². The second-order valence-corrected chi connectivity index (χ2v) is 7.08. The third-order valence-corrected chi connectivity index (χ3v) is 3.99. The van der Waals surface area contributed by atoms with E-state index in [1.165, 1.54) is 0 Å². The lowest BCUT2D eigenvalue weighted by Crippen LogP contribution is -2.51. The first-order valence-corrected chi connectivity index (χ1v) is 7.74. The summed E-state index contributed by atoms with van der Waals surface area (Å²) in [7, 11) is 3.56. The normalized spacial score (nSPS) is 18.4. The molecule has 124 valence electrons. The van der Waals surface area contributed by atoms with Crippen LogP contribution >= 0.6 is 0 Å². The van der Waals surface area contributed by atoms with Crippen molar-refractivity contribution < 1.29 is 9.32 Å². The van der Waals surface area contributed by atoms with E-state index >= 15 is 0 Å². The zero-order valence-electron chi connectivity index (χ0n) is 14.5. The van der Waals surface area contributed by atoms with Gasteiger partial charge in [-0.15, -0.1) is 0 Å². The van der Waals surface area contributed by atoms with Gasteiger partial charge in [0, 0.05) is 45.7 Å². The lowest BCUT2D eigenvalue weighted by Gasteiger charge is -2.37. The van der Waals surface area contributed by atoms with Crippen molar-refractivity contribution in [3.8, 4) is 0 Å². The molecule has 0 radical (unpaired) electrons. The van der Waals surface area contributed by atoms with Gasteiger partial charge in [0.2, 0.25) is 5.89 Å². The Hall–Kier alpha value is -1.63. The molecule has 22 heavy (non-hydrogen) atoms. The Kier molecular flexibility index (Phi) is 4.75. The predicted octanol–water partition coefficient (Wildman–Crippen LogP) is 1.73. The summed E-state index contributed by atoms with van der Waals surface area (Å²) in [5.74, 6) is 1.38. The van der Waals surface area contributed by atoms with Crippen LogP contribution in [0.5, 0.6) is 0 Å². The number of carbonyl (C=O) groups excluding carboxylic acids is 1.